The van der Waals surface area contributed by atoms with Crippen molar-refractivity contribution >= 4 is 0 Å². The van der Waals surface area contributed by atoms with E-state index in [1.54, 1.807) is 0 Å². The zero-order valence-corrected chi connectivity index (χ0v) is 9.84. The second-order valence-corrected chi connectivity index (χ2v) is 4.44. The first-order valence-electron chi connectivity index (χ1n) is 6.07. The van der Waals surface area contributed by atoms with Crippen molar-refractivity contribution in [3.05, 3.63) is 11.9 Å². The number of hydrogen-bond donors (Lipinski definition) is 1. The molecule has 0 spiro atoms. The highest BCUT2D eigenvalue weighted by atomic mass is 16.3. The average Bonchev–Trinajstić information content (AvgIpc) is 2.78. The summed E-state index contributed by atoms with van der Waals surface area (Å²) in [6, 6.07) is 0.424. The molecule has 0 aliphatic carbocycles. The number of aliphatic hydroxyl groups is 1. The third kappa shape index (κ3) is 2.59. The van der Waals surface area contributed by atoms with Gasteiger partial charge in [0.2, 0.25) is 0 Å². The average molecular weight is 224 g/mol. The molecule has 2 rings (SSSR count). The van der Waals surface area contributed by atoms with Gasteiger partial charge in [-0.1, -0.05) is 12.1 Å². The minimum Gasteiger partial charge on any atom is -0.390 e. The van der Waals surface area contributed by atoms with Crippen molar-refractivity contribution in [1.29, 1.82) is 0 Å². The van der Waals surface area contributed by atoms with Crippen LogP contribution in [0.5, 0.6) is 0 Å². The molecule has 1 aliphatic heterocycles. The molecule has 90 valence electrons. The van der Waals surface area contributed by atoms with Crippen LogP contribution in [0, 0.1) is 0 Å². The van der Waals surface area contributed by atoms with Crippen LogP contribution < -0.4 is 0 Å². The monoisotopic (exact) mass is 224 g/mol. The third-order valence-electron chi connectivity index (χ3n) is 3.11. The normalized spacial score (nSPS) is 22.5. The molecule has 16 heavy (non-hydrogen) atoms. The maximum Gasteiger partial charge on any atom is 0.108 e. The molecular weight excluding hydrogens is 204 g/mol. The molecule has 1 fully saturated rings. The topological polar surface area (TPSA) is 54.2 Å². The van der Waals surface area contributed by atoms with Gasteiger partial charge in [0.25, 0.3) is 0 Å². The number of rotatable bonds is 4. The summed E-state index contributed by atoms with van der Waals surface area (Å²) in [7, 11) is 0. The molecule has 0 saturated carbocycles. The van der Waals surface area contributed by atoms with Crippen LogP contribution >= 0.6 is 0 Å². The Kier molecular flexibility index (Phi) is 3.90. The Morgan fingerprint density at radius 3 is 3.12 bits per heavy atom. The molecule has 1 aromatic heterocycles. The maximum atomic E-state index is 8.96. The van der Waals surface area contributed by atoms with Crippen molar-refractivity contribution in [2.75, 3.05) is 19.6 Å². The minimum atomic E-state index is -0.0224. The van der Waals surface area contributed by atoms with Crippen LogP contribution in [0.1, 0.15) is 37.9 Å². The lowest BCUT2D eigenvalue weighted by Crippen LogP contribution is -2.37. The Labute approximate surface area is 96.1 Å². The van der Waals surface area contributed by atoms with Gasteiger partial charge in [0, 0.05) is 6.54 Å². The van der Waals surface area contributed by atoms with Gasteiger partial charge in [-0.15, -0.1) is 5.10 Å². The zero-order valence-electron chi connectivity index (χ0n) is 9.84. The fourth-order valence-corrected chi connectivity index (χ4v) is 2.33. The second kappa shape index (κ2) is 5.41. The number of piperidine rings is 1. The van der Waals surface area contributed by atoms with Gasteiger partial charge in [-0.2, -0.15) is 0 Å². The summed E-state index contributed by atoms with van der Waals surface area (Å²) in [6.07, 6.45) is 5.44. The van der Waals surface area contributed by atoms with E-state index in [0.717, 1.165) is 19.5 Å². The quantitative estimate of drug-likeness (QED) is 0.822. The molecule has 1 N–H and O–H groups in total. The van der Waals surface area contributed by atoms with Crippen LogP contribution in [-0.2, 0) is 6.61 Å². The molecule has 1 saturated heterocycles. The van der Waals surface area contributed by atoms with E-state index in [-0.39, 0.29) is 6.61 Å². The van der Waals surface area contributed by atoms with Gasteiger partial charge in [-0.05, 0) is 32.4 Å². The van der Waals surface area contributed by atoms with Crippen molar-refractivity contribution in [1.82, 2.24) is 19.9 Å². The van der Waals surface area contributed by atoms with E-state index < -0.39 is 0 Å². The molecule has 1 atom stereocenters. The Morgan fingerprint density at radius 1 is 1.56 bits per heavy atom. The molecule has 5 nitrogen and oxygen atoms in total. The highest BCUT2D eigenvalue weighted by Gasteiger charge is 2.21. The Morgan fingerprint density at radius 2 is 2.44 bits per heavy atom. The lowest BCUT2D eigenvalue weighted by Gasteiger charge is -2.32. The van der Waals surface area contributed by atoms with Crippen molar-refractivity contribution in [3.63, 3.8) is 0 Å². The van der Waals surface area contributed by atoms with Gasteiger partial charge >= 0.3 is 0 Å². The highest BCUT2D eigenvalue weighted by molar-refractivity contribution is 4.91. The largest absolute Gasteiger partial charge is 0.390 e. The first-order valence-corrected chi connectivity index (χ1v) is 6.07. The van der Waals surface area contributed by atoms with E-state index in [9.17, 15) is 0 Å². The van der Waals surface area contributed by atoms with Crippen molar-refractivity contribution in [3.8, 4) is 0 Å². The molecule has 2 heterocycles. The molecule has 0 aromatic carbocycles. The van der Waals surface area contributed by atoms with E-state index in [0.29, 0.717) is 11.7 Å². The predicted molar refractivity (Wildman–Crippen MR) is 60.9 cm³/mol. The van der Waals surface area contributed by atoms with Crippen LogP contribution in [0.25, 0.3) is 0 Å². The van der Waals surface area contributed by atoms with E-state index in [1.807, 2.05) is 10.9 Å². The van der Waals surface area contributed by atoms with Gasteiger partial charge in [0.15, 0.2) is 0 Å². The molecule has 1 aliphatic rings. The summed E-state index contributed by atoms with van der Waals surface area (Å²) < 4.78 is 1.91. The van der Waals surface area contributed by atoms with E-state index in [4.69, 9.17) is 5.11 Å². The van der Waals surface area contributed by atoms with Crippen LogP contribution in [-0.4, -0.2) is 44.6 Å². The highest BCUT2D eigenvalue weighted by Crippen LogP contribution is 2.20. The summed E-state index contributed by atoms with van der Waals surface area (Å²) in [5, 5.41) is 17.0. The second-order valence-electron chi connectivity index (χ2n) is 4.44. The summed E-state index contributed by atoms with van der Waals surface area (Å²) in [5.41, 5.74) is 0.660. The summed E-state index contributed by atoms with van der Waals surface area (Å²) in [6.45, 7) is 5.61. The number of aliphatic hydroxyl groups excluding tert-OH is 1. The number of aromatic nitrogens is 3. The van der Waals surface area contributed by atoms with Crippen molar-refractivity contribution < 1.29 is 5.11 Å². The Hall–Kier alpha value is -0.940. The maximum absolute atomic E-state index is 8.96. The van der Waals surface area contributed by atoms with E-state index in [2.05, 4.69) is 22.1 Å². The lowest BCUT2D eigenvalue weighted by atomic mass is 10.1. The van der Waals surface area contributed by atoms with Crippen LogP contribution in [0.3, 0.4) is 0 Å². The molecular formula is C11H20N4O. The minimum absolute atomic E-state index is 0.0224. The molecule has 0 radical (unpaired) electrons. The molecule has 0 bridgehead atoms. The fourth-order valence-electron chi connectivity index (χ4n) is 2.33. The van der Waals surface area contributed by atoms with Crippen molar-refractivity contribution in [2.24, 2.45) is 0 Å². The summed E-state index contributed by atoms with van der Waals surface area (Å²) in [5.74, 6) is 0. The van der Waals surface area contributed by atoms with Gasteiger partial charge in [-0.25, -0.2) is 4.68 Å². The van der Waals surface area contributed by atoms with Crippen LogP contribution in [0.2, 0.25) is 0 Å². The fraction of sp³-hybridized carbons (Fsp3) is 0.818. The lowest BCUT2D eigenvalue weighted by molar-refractivity contribution is 0.169. The number of likely N-dealkylation sites (tertiary alicyclic amines) is 1. The molecule has 5 heteroatoms. The Bertz CT molecular complexity index is 324. The predicted octanol–water partition coefficient (Wildman–Crippen LogP) is 0.817. The van der Waals surface area contributed by atoms with Gasteiger partial charge in [0.05, 0.1) is 18.8 Å². The van der Waals surface area contributed by atoms with Gasteiger partial charge in [-0.3, -0.25) is 0 Å². The molecule has 0 unspecified atom stereocenters. The SMILES string of the molecule is CCCN1CCC[C@H](n2cc(CO)nn2)C1. The standard InChI is InChI=1S/C11H20N4O/c1-2-5-14-6-3-4-11(8-14)15-7-10(9-16)12-13-15/h7,11,16H,2-6,8-9H2,1H3/t11-/m0/s1. The Balaban J connectivity index is 1.98. The number of nitrogens with zero attached hydrogens (tertiary/aromatic N) is 4. The smallest absolute Gasteiger partial charge is 0.108 e. The first-order chi connectivity index (χ1) is 7.83. The number of hydrogen-bond acceptors (Lipinski definition) is 4. The summed E-state index contributed by atoms with van der Waals surface area (Å²) in [4.78, 5) is 2.48. The van der Waals surface area contributed by atoms with Gasteiger partial charge < -0.3 is 10.0 Å². The van der Waals surface area contributed by atoms with Gasteiger partial charge in [0.1, 0.15) is 5.69 Å². The van der Waals surface area contributed by atoms with E-state index in [1.165, 1.54) is 19.4 Å². The van der Waals surface area contributed by atoms with Crippen LogP contribution in [0.4, 0.5) is 0 Å². The molecule has 0 amide bonds. The summed E-state index contributed by atoms with van der Waals surface area (Å²) >= 11 is 0. The zero-order chi connectivity index (χ0) is 11.4. The third-order valence-corrected chi connectivity index (χ3v) is 3.11. The molecule has 1 aromatic rings. The first kappa shape index (κ1) is 11.5. The van der Waals surface area contributed by atoms with E-state index >= 15 is 0 Å². The van der Waals surface area contributed by atoms with Crippen LogP contribution in [0.15, 0.2) is 6.20 Å². The van der Waals surface area contributed by atoms with Crippen molar-refractivity contribution in [2.45, 2.75) is 38.8 Å².